The van der Waals surface area contributed by atoms with Crippen molar-refractivity contribution in [3.8, 4) is 0 Å². The standard InChI is InChI=1S/C19H19F5N8/c20-15(21)8-32-18-14(4-28-32)26-5-16(30-18)29-12-1-10-6-31(7-11(10)2-12)17-13(19(22,23)24)3-25-9-27-17/h3-5,9-12,15H,1-2,6-8H2,(H,29,30). The van der Waals surface area contributed by atoms with Crippen LogP contribution in [0.2, 0.25) is 0 Å². The summed E-state index contributed by atoms with van der Waals surface area (Å²) < 4.78 is 66.5. The minimum atomic E-state index is -4.51. The van der Waals surface area contributed by atoms with E-state index in [0.717, 1.165) is 30.0 Å². The van der Waals surface area contributed by atoms with Crippen molar-refractivity contribution in [2.45, 2.75) is 38.0 Å². The zero-order valence-electron chi connectivity index (χ0n) is 16.7. The molecule has 0 spiro atoms. The number of fused-ring (bicyclic) bond motifs is 2. The fourth-order valence-corrected chi connectivity index (χ4v) is 4.76. The molecule has 3 aromatic heterocycles. The third-order valence-electron chi connectivity index (χ3n) is 6.06. The van der Waals surface area contributed by atoms with Gasteiger partial charge in [-0.15, -0.1) is 0 Å². The van der Waals surface area contributed by atoms with Gasteiger partial charge in [0.05, 0.1) is 12.4 Å². The number of nitrogens with zero attached hydrogens (tertiary/aromatic N) is 7. The van der Waals surface area contributed by atoms with Gasteiger partial charge >= 0.3 is 6.18 Å². The van der Waals surface area contributed by atoms with E-state index in [1.54, 1.807) is 4.90 Å². The Kier molecular flexibility index (Phi) is 5.05. The largest absolute Gasteiger partial charge is 0.421 e. The first-order chi connectivity index (χ1) is 15.3. The van der Waals surface area contributed by atoms with Gasteiger partial charge in [0.15, 0.2) is 5.65 Å². The predicted octanol–water partition coefficient (Wildman–Crippen LogP) is 3.23. The van der Waals surface area contributed by atoms with E-state index < -0.39 is 24.7 Å². The molecule has 170 valence electrons. The Balaban J connectivity index is 1.26. The molecule has 5 rings (SSSR count). The molecule has 1 aliphatic heterocycles. The maximum atomic E-state index is 13.3. The van der Waals surface area contributed by atoms with Crippen molar-refractivity contribution in [2.24, 2.45) is 11.8 Å². The van der Waals surface area contributed by atoms with Gasteiger partial charge in [0, 0.05) is 25.3 Å². The van der Waals surface area contributed by atoms with Crippen LogP contribution < -0.4 is 10.2 Å². The minimum Gasteiger partial charge on any atom is -0.366 e. The molecule has 1 saturated carbocycles. The Hall–Kier alpha value is -3.12. The number of anilines is 2. The average molecular weight is 454 g/mol. The Morgan fingerprint density at radius 1 is 1.06 bits per heavy atom. The number of nitrogens with one attached hydrogen (secondary N) is 1. The molecule has 0 radical (unpaired) electrons. The molecule has 13 heteroatoms. The summed E-state index contributed by atoms with van der Waals surface area (Å²) in [5.41, 5.74) is -0.109. The number of hydrogen-bond donors (Lipinski definition) is 1. The van der Waals surface area contributed by atoms with Crippen molar-refractivity contribution in [1.82, 2.24) is 29.7 Å². The van der Waals surface area contributed by atoms with Crippen LogP contribution in [0.3, 0.4) is 0 Å². The van der Waals surface area contributed by atoms with E-state index in [2.05, 4.69) is 30.4 Å². The van der Waals surface area contributed by atoms with Crippen LogP contribution in [0.15, 0.2) is 24.9 Å². The molecule has 1 aliphatic carbocycles. The van der Waals surface area contributed by atoms with Gasteiger partial charge < -0.3 is 10.2 Å². The van der Waals surface area contributed by atoms with E-state index in [1.807, 2.05) is 0 Å². The minimum absolute atomic E-state index is 0.0675. The second-order valence-electron chi connectivity index (χ2n) is 8.18. The highest BCUT2D eigenvalue weighted by Gasteiger charge is 2.44. The number of alkyl halides is 5. The fourth-order valence-electron chi connectivity index (χ4n) is 4.76. The molecule has 1 saturated heterocycles. The zero-order valence-corrected chi connectivity index (χ0v) is 16.7. The van der Waals surface area contributed by atoms with Crippen molar-refractivity contribution in [3.63, 3.8) is 0 Å². The molecular formula is C19H19F5N8. The van der Waals surface area contributed by atoms with E-state index in [4.69, 9.17) is 0 Å². The normalized spacial score (nSPS) is 23.3. The van der Waals surface area contributed by atoms with E-state index in [0.29, 0.717) is 24.4 Å². The van der Waals surface area contributed by atoms with Crippen molar-refractivity contribution in [3.05, 3.63) is 30.5 Å². The molecule has 2 aliphatic rings. The zero-order chi connectivity index (χ0) is 22.5. The van der Waals surface area contributed by atoms with Gasteiger partial charge in [-0.05, 0) is 24.7 Å². The van der Waals surface area contributed by atoms with Crippen LogP contribution in [0.1, 0.15) is 18.4 Å². The Morgan fingerprint density at radius 2 is 1.81 bits per heavy atom. The first-order valence-electron chi connectivity index (χ1n) is 10.1. The van der Waals surface area contributed by atoms with Crippen LogP contribution in [-0.2, 0) is 12.7 Å². The van der Waals surface area contributed by atoms with Crippen LogP contribution in [0, 0.1) is 11.8 Å². The van der Waals surface area contributed by atoms with Gasteiger partial charge in [-0.1, -0.05) is 0 Å². The molecule has 0 aromatic carbocycles. The summed E-state index contributed by atoms with van der Waals surface area (Å²) in [5.74, 6) is 0.815. The first-order valence-corrected chi connectivity index (χ1v) is 10.1. The van der Waals surface area contributed by atoms with E-state index >= 15 is 0 Å². The maximum absolute atomic E-state index is 13.3. The van der Waals surface area contributed by atoms with E-state index in [9.17, 15) is 22.0 Å². The van der Waals surface area contributed by atoms with Gasteiger partial charge in [0.1, 0.15) is 35.6 Å². The highest BCUT2D eigenvalue weighted by molar-refractivity contribution is 5.71. The highest BCUT2D eigenvalue weighted by Crippen LogP contribution is 2.43. The molecule has 32 heavy (non-hydrogen) atoms. The predicted molar refractivity (Wildman–Crippen MR) is 104 cm³/mol. The third-order valence-corrected chi connectivity index (χ3v) is 6.06. The highest BCUT2D eigenvalue weighted by atomic mass is 19.4. The van der Waals surface area contributed by atoms with Crippen LogP contribution in [0.5, 0.6) is 0 Å². The summed E-state index contributed by atoms with van der Waals surface area (Å²) in [7, 11) is 0. The number of rotatable bonds is 5. The lowest BCUT2D eigenvalue weighted by atomic mass is 10.0. The average Bonchev–Trinajstić information content (AvgIpc) is 3.41. The van der Waals surface area contributed by atoms with Crippen molar-refractivity contribution in [2.75, 3.05) is 23.3 Å². The lowest BCUT2D eigenvalue weighted by Gasteiger charge is -2.23. The molecule has 8 nitrogen and oxygen atoms in total. The topological polar surface area (TPSA) is 84.7 Å². The second-order valence-corrected chi connectivity index (χ2v) is 8.18. The lowest BCUT2D eigenvalue weighted by Crippen LogP contribution is -2.28. The number of aromatic nitrogens is 6. The quantitative estimate of drug-likeness (QED) is 0.593. The summed E-state index contributed by atoms with van der Waals surface area (Å²) in [6, 6.07) is 0.0675. The lowest BCUT2D eigenvalue weighted by molar-refractivity contribution is -0.137. The van der Waals surface area contributed by atoms with Gasteiger partial charge in [-0.3, -0.25) is 0 Å². The molecule has 2 fully saturated rings. The third kappa shape index (κ3) is 3.91. The SMILES string of the molecule is FC(F)Cn1ncc2ncc(NC3CC4CN(c5ncncc5C(F)(F)F)CC4C3)nc21. The molecule has 1 N–H and O–H groups in total. The number of hydrogen-bond acceptors (Lipinski definition) is 7. The van der Waals surface area contributed by atoms with Gasteiger partial charge in [0.25, 0.3) is 6.43 Å². The van der Waals surface area contributed by atoms with Crippen LogP contribution in [0.4, 0.5) is 33.6 Å². The first kappa shape index (κ1) is 20.8. The summed E-state index contributed by atoms with van der Waals surface area (Å²) in [6.45, 7) is 0.400. The summed E-state index contributed by atoms with van der Waals surface area (Å²) >= 11 is 0. The van der Waals surface area contributed by atoms with Crippen molar-refractivity contribution in [1.29, 1.82) is 0 Å². The number of halogens is 5. The van der Waals surface area contributed by atoms with Crippen LogP contribution >= 0.6 is 0 Å². The summed E-state index contributed by atoms with van der Waals surface area (Å²) in [6.07, 6.45) is -0.676. The maximum Gasteiger partial charge on any atom is 0.421 e. The van der Waals surface area contributed by atoms with E-state index in [-0.39, 0.29) is 29.3 Å². The molecule has 0 bridgehead atoms. The Morgan fingerprint density at radius 3 is 2.50 bits per heavy atom. The van der Waals surface area contributed by atoms with Crippen LogP contribution in [-0.4, -0.2) is 55.3 Å². The second kappa shape index (κ2) is 7.78. The Labute approximate surface area is 178 Å². The van der Waals surface area contributed by atoms with Gasteiger partial charge in [0.2, 0.25) is 0 Å². The van der Waals surface area contributed by atoms with Gasteiger partial charge in [-0.2, -0.15) is 18.3 Å². The smallest absolute Gasteiger partial charge is 0.366 e. The Bertz CT molecular complexity index is 1100. The summed E-state index contributed by atoms with van der Waals surface area (Å²) in [5, 5.41) is 7.20. The fraction of sp³-hybridized carbons (Fsp3) is 0.526. The summed E-state index contributed by atoms with van der Waals surface area (Å²) in [4.78, 5) is 17.7. The molecular weight excluding hydrogens is 435 g/mol. The molecule has 2 unspecified atom stereocenters. The monoisotopic (exact) mass is 454 g/mol. The van der Waals surface area contributed by atoms with Crippen molar-refractivity contribution < 1.29 is 22.0 Å². The molecule has 2 atom stereocenters. The van der Waals surface area contributed by atoms with Crippen molar-refractivity contribution >= 4 is 22.8 Å². The van der Waals surface area contributed by atoms with E-state index in [1.165, 1.54) is 12.4 Å². The van der Waals surface area contributed by atoms with Gasteiger partial charge in [-0.25, -0.2) is 33.4 Å². The molecule has 4 heterocycles. The van der Waals surface area contributed by atoms with Crippen LogP contribution in [0.25, 0.3) is 11.2 Å². The molecule has 0 amide bonds. The molecule has 3 aromatic rings.